The molecule has 1 unspecified atom stereocenters. The highest BCUT2D eigenvalue weighted by molar-refractivity contribution is 8.14. The van der Waals surface area contributed by atoms with E-state index in [9.17, 15) is 19.6 Å². The lowest BCUT2D eigenvalue weighted by Gasteiger charge is -2.29. The van der Waals surface area contributed by atoms with Gasteiger partial charge in [0.25, 0.3) is 0 Å². The summed E-state index contributed by atoms with van der Waals surface area (Å²) in [6.07, 6.45) is 3.77. The Labute approximate surface area is 184 Å². The van der Waals surface area contributed by atoms with E-state index in [0.29, 0.717) is 16.3 Å². The molecule has 0 fully saturated rings. The molecule has 0 radical (unpaired) electrons. The number of aliphatic imine (C=N–C) groups is 1. The van der Waals surface area contributed by atoms with Crippen LogP contribution in [0.15, 0.2) is 53.4 Å². The van der Waals surface area contributed by atoms with Crippen molar-refractivity contribution in [3.63, 3.8) is 0 Å². The number of thioether (sulfide) groups is 1. The summed E-state index contributed by atoms with van der Waals surface area (Å²) in [6, 6.07) is 5.65. The fraction of sp³-hybridized carbons (Fsp3) is 0.333. The molecular weight excluding hydrogens is 420 g/mol. The van der Waals surface area contributed by atoms with Gasteiger partial charge in [0.05, 0.1) is 29.0 Å². The largest absolute Gasteiger partial charge is 0.458 e. The number of hydrogen-bond acceptors (Lipinski definition) is 9. The average Bonchev–Trinajstić information content (AvgIpc) is 2.76. The minimum Gasteiger partial charge on any atom is -0.458 e. The lowest BCUT2D eigenvalue weighted by atomic mass is 9.79. The van der Waals surface area contributed by atoms with Gasteiger partial charge in [-0.2, -0.15) is 5.26 Å². The number of aromatic nitrogens is 1. The van der Waals surface area contributed by atoms with Crippen LogP contribution in [0.1, 0.15) is 25.3 Å². The smallest absolute Gasteiger partial charge is 0.413 e. The van der Waals surface area contributed by atoms with Crippen molar-refractivity contribution in [2.45, 2.75) is 19.8 Å². The molecule has 1 aliphatic rings. The maximum Gasteiger partial charge on any atom is 0.413 e. The Balaban J connectivity index is 2.34. The number of esters is 1. The first-order valence-electron chi connectivity index (χ1n) is 9.39. The van der Waals surface area contributed by atoms with Crippen LogP contribution in [0.3, 0.4) is 0 Å². The number of carbonyl (C=O) groups excluding carboxylic acids is 3. The Morgan fingerprint density at radius 3 is 2.77 bits per heavy atom. The van der Waals surface area contributed by atoms with Gasteiger partial charge in [-0.1, -0.05) is 30.5 Å². The quantitative estimate of drug-likeness (QED) is 0.504. The SMILES string of the molecule is C=CCOC(=O)C1=C(C)N=C(SCC(=O)NC(=O)OCC)C(C#N)[C@H]1c1cccnc1. The second kappa shape index (κ2) is 11.7. The monoisotopic (exact) mass is 442 g/mol. The van der Waals surface area contributed by atoms with Crippen LogP contribution in [0.4, 0.5) is 4.79 Å². The number of alkyl carbamates (subject to hydrolysis) is 1. The number of pyridine rings is 1. The van der Waals surface area contributed by atoms with Crippen molar-refractivity contribution in [1.82, 2.24) is 10.3 Å². The van der Waals surface area contributed by atoms with Crippen molar-refractivity contribution >= 4 is 34.8 Å². The number of ether oxygens (including phenoxy) is 2. The molecule has 0 aromatic carbocycles. The molecule has 2 amide bonds. The highest BCUT2D eigenvalue weighted by atomic mass is 32.2. The third-order valence-corrected chi connectivity index (χ3v) is 5.23. The number of nitrogens with one attached hydrogen (secondary N) is 1. The Bertz CT molecular complexity index is 952. The fourth-order valence-corrected chi connectivity index (χ4v) is 3.86. The number of allylic oxidation sites excluding steroid dienone is 1. The Morgan fingerprint density at radius 1 is 1.39 bits per heavy atom. The summed E-state index contributed by atoms with van der Waals surface area (Å²) < 4.78 is 9.89. The van der Waals surface area contributed by atoms with Crippen molar-refractivity contribution in [2.75, 3.05) is 19.0 Å². The van der Waals surface area contributed by atoms with Crippen LogP contribution < -0.4 is 5.32 Å². The molecule has 0 saturated carbocycles. The minimum atomic E-state index is -0.848. The number of carbonyl (C=O) groups is 3. The maximum atomic E-state index is 12.7. The first-order valence-corrected chi connectivity index (χ1v) is 10.4. The molecule has 1 aromatic heterocycles. The van der Waals surface area contributed by atoms with E-state index in [1.54, 1.807) is 38.4 Å². The van der Waals surface area contributed by atoms with Gasteiger partial charge in [-0.3, -0.25) is 15.1 Å². The summed E-state index contributed by atoms with van der Waals surface area (Å²) in [7, 11) is 0. The molecule has 31 heavy (non-hydrogen) atoms. The van der Waals surface area contributed by atoms with Crippen molar-refractivity contribution < 1.29 is 23.9 Å². The summed E-state index contributed by atoms with van der Waals surface area (Å²) in [5.74, 6) is -2.86. The third-order valence-electron chi connectivity index (χ3n) is 4.18. The van der Waals surface area contributed by atoms with Crippen LogP contribution in [0.25, 0.3) is 0 Å². The first kappa shape index (κ1) is 23.8. The molecule has 2 rings (SSSR count). The molecule has 10 heteroatoms. The zero-order chi connectivity index (χ0) is 22.8. The number of imide groups is 1. The van der Waals surface area contributed by atoms with Gasteiger partial charge in [-0.15, -0.1) is 0 Å². The van der Waals surface area contributed by atoms with E-state index in [1.165, 1.54) is 6.08 Å². The molecule has 2 heterocycles. The lowest BCUT2D eigenvalue weighted by Crippen LogP contribution is -2.34. The van der Waals surface area contributed by atoms with Gasteiger partial charge in [0.2, 0.25) is 5.91 Å². The molecular formula is C21H22N4O5S. The molecule has 2 atom stereocenters. The number of rotatable bonds is 7. The molecule has 1 N–H and O–H groups in total. The topological polar surface area (TPSA) is 131 Å². The number of hydrogen-bond donors (Lipinski definition) is 1. The molecule has 0 spiro atoms. The summed E-state index contributed by atoms with van der Waals surface area (Å²) in [5.41, 5.74) is 1.27. The Kier molecular flexibility index (Phi) is 8.96. The van der Waals surface area contributed by atoms with E-state index in [0.717, 1.165) is 11.8 Å². The van der Waals surface area contributed by atoms with Crippen molar-refractivity contribution in [3.8, 4) is 6.07 Å². The Hall–Kier alpha value is -3.45. The van der Waals surface area contributed by atoms with Crippen LogP contribution in [-0.4, -0.2) is 47.0 Å². The van der Waals surface area contributed by atoms with E-state index in [2.05, 4.69) is 32.7 Å². The van der Waals surface area contributed by atoms with Gasteiger partial charge in [0.1, 0.15) is 12.5 Å². The van der Waals surface area contributed by atoms with E-state index >= 15 is 0 Å². The highest BCUT2D eigenvalue weighted by Gasteiger charge is 2.39. The number of amides is 2. The molecule has 0 saturated heterocycles. The normalized spacial score (nSPS) is 17.8. The van der Waals surface area contributed by atoms with E-state index < -0.39 is 29.8 Å². The fourth-order valence-electron chi connectivity index (χ4n) is 2.94. The molecule has 0 aliphatic carbocycles. The van der Waals surface area contributed by atoms with E-state index in [1.807, 2.05) is 0 Å². The van der Waals surface area contributed by atoms with E-state index in [4.69, 9.17) is 4.74 Å². The average molecular weight is 442 g/mol. The molecule has 0 bridgehead atoms. The van der Waals surface area contributed by atoms with Crippen LogP contribution in [0.5, 0.6) is 0 Å². The predicted molar refractivity (Wildman–Crippen MR) is 115 cm³/mol. The highest BCUT2D eigenvalue weighted by Crippen LogP contribution is 2.41. The second-order valence-electron chi connectivity index (χ2n) is 6.26. The molecule has 162 valence electrons. The standard InChI is InChI=1S/C21H22N4O5S/c1-4-9-30-20(27)17-13(3)24-19(31-12-16(26)25-21(28)29-5-2)15(10-22)18(17)14-7-6-8-23-11-14/h4,6-8,11,15,18H,1,5,9,12H2,2-3H3,(H,25,26,28)/t15?,18-/m1/s1. The maximum absolute atomic E-state index is 12.7. The summed E-state index contributed by atoms with van der Waals surface area (Å²) in [6.45, 7) is 6.95. The van der Waals surface area contributed by atoms with Crippen LogP contribution in [-0.2, 0) is 19.1 Å². The van der Waals surface area contributed by atoms with Crippen molar-refractivity contribution in [3.05, 3.63) is 54.0 Å². The van der Waals surface area contributed by atoms with Gasteiger partial charge >= 0.3 is 12.1 Å². The van der Waals surface area contributed by atoms with Crippen LogP contribution in [0.2, 0.25) is 0 Å². The van der Waals surface area contributed by atoms with E-state index in [-0.39, 0.29) is 24.5 Å². The van der Waals surface area contributed by atoms with Gasteiger partial charge in [0.15, 0.2) is 0 Å². The van der Waals surface area contributed by atoms with Crippen LogP contribution in [0, 0.1) is 17.2 Å². The third kappa shape index (κ3) is 6.26. The van der Waals surface area contributed by atoms with Gasteiger partial charge in [0, 0.05) is 24.0 Å². The Morgan fingerprint density at radius 2 is 2.16 bits per heavy atom. The zero-order valence-corrected chi connectivity index (χ0v) is 18.0. The zero-order valence-electron chi connectivity index (χ0n) is 17.2. The molecule has 1 aromatic rings. The molecule has 9 nitrogen and oxygen atoms in total. The van der Waals surface area contributed by atoms with Crippen molar-refractivity contribution in [2.24, 2.45) is 10.9 Å². The molecule has 1 aliphatic heterocycles. The van der Waals surface area contributed by atoms with Gasteiger partial charge < -0.3 is 9.47 Å². The van der Waals surface area contributed by atoms with Gasteiger partial charge in [-0.25, -0.2) is 14.6 Å². The van der Waals surface area contributed by atoms with Crippen molar-refractivity contribution in [1.29, 1.82) is 5.26 Å². The van der Waals surface area contributed by atoms with Crippen LogP contribution >= 0.6 is 11.8 Å². The number of nitrogens with zero attached hydrogens (tertiary/aromatic N) is 3. The lowest BCUT2D eigenvalue weighted by molar-refractivity contribution is -0.138. The van der Waals surface area contributed by atoms with Gasteiger partial charge in [-0.05, 0) is 25.5 Å². The summed E-state index contributed by atoms with van der Waals surface area (Å²) in [5, 5.41) is 12.4. The number of nitriles is 1. The summed E-state index contributed by atoms with van der Waals surface area (Å²) >= 11 is 1.02. The minimum absolute atomic E-state index is 0.0198. The summed E-state index contributed by atoms with van der Waals surface area (Å²) in [4.78, 5) is 44.6. The second-order valence-corrected chi connectivity index (χ2v) is 7.26. The first-order chi connectivity index (χ1) is 14.9. The predicted octanol–water partition coefficient (Wildman–Crippen LogP) is 2.73.